The van der Waals surface area contributed by atoms with Crippen LogP contribution in [0.5, 0.6) is 5.75 Å². The molecule has 0 fully saturated rings. The van der Waals surface area contributed by atoms with E-state index in [1.165, 1.54) is 41.0 Å². The lowest BCUT2D eigenvalue weighted by Gasteiger charge is -2.19. The second kappa shape index (κ2) is 7.86. The van der Waals surface area contributed by atoms with Crippen LogP contribution in [0.3, 0.4) is 0 Å². The average Bonchev–Trinajstić information content (AvgIpc) is 3.08. The highest BCUT2D eigenvalue weighted by molar-refractivity contribution is 7.14. The summed E-state index contributed by atoms with van der Waals surface area (Å²) >= 11 is 1.47. The molecule has 0 spiro atoms. The van der Waals surface area contributed by atoms with Gasteiger partial charge in [-0.3, -0.25) is 20.4 Å². The van der Waals surface area contributed by atoms with Gasteiger partial charge in [0.2, 0.25) is 0 Å². The number of aryl methyl sites for hydroxylation is 1. The van der Waals surface area contributed by atoms with Crippen molar-refractivity contribution in [2.24, 2.45) is 5.92 Å². The van der Waals surface area contributed by atoms with E-state index in [0.717, 1.165) is 31.7 Å². The summed E-state index contributed by atoms with van der Waals surface area (Å²) < 4.78 is 18.5. The van der Waals surface area contributed by atoms with E-state index in [1.54, 1.807) is 0 Å². The van der Waals surface area contributed by atoms with Crippen LogP contribution in [0.2, 0.25) is 0 Å². The van der Waals surface area contributed by atoms with Gasteiger partial charge in [0.1, 0.15) is 0 Å². The van der Waals surface area contributed by atoms with Gasteiger partial charge in [-0.1, -0.05) is 13.3 Å². The number of benzene rings is 1. The summed E-state index contributed by atoms with van der Waals surface area (Å²) in [5, 5.41) is 0. The van der Waals surface area contributed by atoms with Gasteiger partial charge in [0.25, 0.3) is 11.8 Å². The molecular weight excluding hydrogens is 355 g/mol. The molecule has 1 aromatic heterocycles. The first-order valence-corrected chi connectivity index (χ1v) is 9.39. The van der Waals surface area contributed by atoms with Crippen molar-refractivity contribution in [3.05, 3.63) is 51.0 Å². The van der Waals surface area contributed by atoms with Crippen molar-refractivity contribution in [3.8, 4) is 5.75 Å². The van der Waals surface area contributed by atoms with Crippen molar-refractivity contribution in [3.63, 3.8) is 0 Å². The van der Waals surface area contributed by atoms with Crippen LogP contribution in [0.4, 0.5) is 4.39 Å². The van der Waals surface area contributed by atoms with Crippen molar-refractivity contribution < 1.29 is 18.7 Å². The molecule has 7 heteroatoms. The number of fused-ring (bicyclic) bond motifs is 1. The minimum absolute atomic E-state index is 0.0557. The quantitative estimate of drug-likeness (QED) is 0.803. The molecule has 1 aromatic carbocycles. The largest absolute Gasteiger partial charge is 0.494 e. The average molecular weight is 376 g/mol. The smallest absolute Gasteiger partial charge is 0.279 e. The Morgan fingerprint density at radius 3 is 2.73 bits per heavy atom. The molecule has 2 N–H and O–H groups in total. The molecular formula is C19H21FN2O3S. The van der Waals surface area contributed by atoms with Crippen LogP contribution in [0.15, 0.2) is 24.3 Å². The predicted molar refractivity (Wildman–Crippen MR) is 98.0 cm³/mol. The molecule has 0 saturated carbocycles. The van der Waals surface area contributed by atoms with Crippen LogP contribution in [0.1, 0.15) is 50.2 Å². The van der Waals surface area contributed by atoms with Gasteiger partial charge in [-0.25, -0.2) is 4.39 Å². The standard InChI is InChI=1S/C19H21FN2O3S/c1-3-11-4-7-16-13(8-11)10-17(26-16)19(24)22-21-18(23)12-5-6-15(25-2)14(20)9-12/h5-6,9-11H,3-4,7-8H2,1-2H3,(H,21,23)(H,22,24)/t11-/m0/s1. The maximum absolute atomic E-state index is 13.7. The van der Waals surface area contributed by atoms with Crippen LogP contribution in [-0.4, -0.2) is 18.9 Å². The molecule has 0 saturated heterocycles. The topological polar surface area (TPSA) is 67.4 Å². The number of hydrogen-bond donors (Lipinski definition) is 2. The first-order chi connectivity index (χ1) is 12.5. The summed E-state index contributed by atoms with van der Waals surface area (Å²) in [5.74, 6) is -0.854. The summed E-state index contributed by atoms with van der Waals surface area (Å²) in [6.45, 7) is 2.19. The molecule has 3 rings (SSSR count). The number of hydrazine groups is 1. The van der Waals surface area contributed by atoms with E-state index >= 15 is 0 Å². The molecule has 26 heavy (non-hydrogen) atoms. The van der Waals surface area contributed by atoms with E-state index in [0.29, 0.717) is 10.8 Å². The van der Waals surface area contributed by atoms with Gasteiger partial charge in [0.05, 0.1) is 12.0 Å². The molecule has 0 unspecified atom stereocenters. The number of rotatable bonds is 4. The Kier molecular flexibility index (Phi) is 5.56. The third-order valence-corrected chi connectivity index (χ3v) is 5.93. The highest BCUT2D eigenvalue weighted by Crippen LogP contribution is 2.33. The van der Waals surface area contributed by atoms with E-state index in [2.05, 4.69) is 17.8 Å². The SMILES string of the molecule is CC[C@H]1CCc2sc(C(=O)NNC(=O)c3ccc(OC)c(F)c3)cc2C1. The molecule has 138 valence electrons. The Hall–Kier alpha value is -2.41. The van der Waals surface area contributed by atoms with Crippen LogP contribution in [0, 0.1) is 11.7 Å². The van der Waals surface area contributed by atoms with Gasteiger partial charge >= 0.3 is 0 Å². The zero-order chi connectivity index (χ0) is 18.7. The van der Waals surface area contributed by atoms with Gasteiger partial charge in [-0.15, -0.1) is 11.3 Å². The summed E-state index contributed by atoms with van der Waals surface area (Å²) in [6.07, 6.45) is 4.31. The molecule has 5 nitrogen and oxygen atoms in total. The number of carbonyl (C=O) groups is 2. The molecule has 1 aliphatic rings. The van der Waals surface area contributed by atoms with E-state index in [4.69, 9.17) is 4.74 Å². The summed E-state index contributed by atoms with van der Waals surface area (Å²) in [6, 6.07) is 5.77. The second-order valence-electron chi connectivity index (χ2n) is 6.33. The van der Waals surface area contributed by atoms with Crippen LogP contribution in [0.25, 0.3) is 0 Å². The zero-order valence-electron chi connectivity index (χ0n) is 14.7. The molecule has 1 heterocycles. The normalized spacial score (nSPS) is 15.9. The number of carbonyl (C=O) groups excluding carboxylic acids is 2. The lowest BCUT2D eigenvalue weighted by Crippen LogP contribution is -2.41. The van der Waals surface area contributed by atoms with Gasteiger partial charge in [0.15, 0.2) is 11.6 Å². The number of nitrogens with one attached hydrogen (secondary N) is 2. The van der Waals surface area contributed by atoms with Crippen LogP contribution < -0.4 is 15.6 Å². The van der Waals surface area contributed by atoms with Crippen molar-refractivity contribution in [2.75, 3.05) is 7.11 Å². The highest BCUT2D eigenvalue weighted by Gasteiger charge is 2.22. The second-order valence-corrected chi connectivity index (χ2v) is 7.47. The van der Waals surface area contributed by atoms with Crippen molar-refractivity contribution in [2.45, 2.75) is 32.6 Å². The lowest BCUT2D eigenvalue weighted by atomic mass is 9.87. The minimum atomic E-state index is -0.636. The number of hydrogen-bond acceptors (Lipinski definition) is 4. The maximum atomic E-state index is 13.7. The summed E-state index contributed by atoms with van der Waals surface area (Å²) in [7, 11) is 1.35. The van der Waals surface area contributed by atoms with Crippen molar-refractivity contribution >= 4 is 23.2 Å². The number of thiophene rings is 1. The zero-order valence-corrected chi connectivity index (χ0v) is 15.5. The van der Waals surface area contributed by atoms with Gasteiger partial charge in [-0.05, 0) is 55.0 Å². The molecule has 2 amide bonds. The molecule has 0 radical (unpaired) electrons. The van der Waals surface area contributed by atoms with E-state index < -0.39 is 11.7 Å². The first kappa shape index (κ1) is 18.4. The fraction of sp³-hybridized carbons (Fsp3) is 0.368. The highest BCUT2D eigenvalue weighted by atomic mass is 32.1. The molecule has 0 aliphatic heterocycles. The predicted octanol–water partition coefficient (Wildman–Crippen LogP) is 3.49. The van der Waals surface area contributed by atoms with E-state index in [-0.39, 0.29) is 17.2 Å². The fourth-order valence-corrected chi connectivity index (χ4v) is 4.22. The van der Waals surface area contributed by atoms with Gasteiger partial charge in [0, 0.05) is 10.4 Å². The third kappa shape index (κ3) is 3.88. The Morgan fingerprint density at radius 2 is 2.04 bits per heavy atom. The number of halogens is 1. The van der Waals surface area contributed by atoms with Crippen LogP contribution >= 0.6 is 11.3 Å². The monoisotopic (exact) mass is 376 g/mol. The first-order valence-electron chi connectivity index (χ1n) is 8.57. The van der Waals surface area contributed by atoms with Gasteiger partial charge in [-0.2, -0.15) is 0 Å². The Bertz CT molecular complexity index is 834. The van der Waals surface area contributed by atoms with Crippen LogP contribution in [-0.2, 0) is 12.8 Å². The lowest BCUT2D eigenvalue weighted by molar-refractivity contribution is 0.0848. The van der Waals surface area contributed by atoms with E-state index in [1.807, 2.05) is 6.07 Å². The third-order valence-electron chi connectivity index (χ3n) is 4.69. The molecule has 1 aliphatic carbocycles. The summed E-state index contributed by atoms with van der Waals surface area (Å²) in [4.78, 5) is 26.2. The minimum Gasteiger partial charge on any atom is -0.494 e. The fourth-order valence-electron chi connectivity index (χ4n) is 3.11. The molecule has 2 aromatic rings. The van der Waals surface area contributed by atoms with Crippen molar-refractivity contribution in [1.29, 1.82) is 0 Å². The molecule has 0 bridgehead atoms. The van der Waals surface area contributed by atoms with E-state index in [9.17, 15) is 14.0 Å². The number of methoxy groups -OCH3 is 1. The Labute approximate surface area is 155 Å². The Balaban J connectivity index is 1.61. The van der Waals surface area contributed by atoms with Crippen molar-refractivity contribution in [1.82, 2.24) is 10.9 Å². The number of amides is 2. The maximum Gasteiger partial charge on any atom is 0.279 e. The Morgan fingerprint density at radius 1 is 1.27 bits per heavy atom. The molecule has 1 atom stereocenters. The number of ether oxygens (including phenoxy) is 1. The van der Waals surface area contributed by atoms with Gasteiger partial charge < -0.3 is 4.74 Å². The summed E-state index contributed by atoms with van der Waals surface area (Å²) in [5.41, 5.74) is 6.06.